The zero-order chi connectivity index (χ0) is 16.6. The first-order valence-electron chi connectivity index (χ1n) is 8.36. The van der Waals surface area contributed by atoms with E-state index in [1.807, 2.05) is 26.0 Å². The maximum Gasteiger partial charge on any atom is 0.243 e. The first kappa shape index (κ1) is 16.9. The van der Waals surface area contributed by atoms with Gasteiger partial charge in [-0.3, -0.25) is 4.90 Å². The molecule has 1 aliphatic carbocycles. The van der Waals surface area contributed by atoms with Crippen LogP contribution in [0.3, 0.4) is 0 Å². The summed E-state index contributed by atoms with van der Waals surface area (Å²) in [5, 5.41) is 10.0. The van der Waals surface area contributed by atoms with E-state index in [2.05, 4.69) is 4.90 Å². The number of aliphatic hydroxyl groups excluding tert-OH is 1. The fourth-order valence-electron chi connectivity index (χ4n) is 3.17. The summed E-state index contributed by atoms with van der Waals surface area (Å²) in [5.41, 5.74) is 1.75. The SMILES string of the molecule is Cc1ccc(C)c(S(=O)(=O)N2CCN(C[C@@H](O)C3CC3)CC2)c1. The van der Waals surface area contributed by atoms with Crippen LogP contribution in [0.2, 0.25) is 0 Å². The van der Waals surface area contributed by atoms with E-state index in [1.165, 1.54) is 0 Å². The summed E-state index contributed by atoms with van der Waals surface area (Å²) in [6.07, 6.45) is 2.00. The third-order valence-corrected chi connectivity index (χ3v) is 6.94. The Labute approximate surface area is 139 Å². The smallest absolute Gasteiger partial charge is 0.243 e. The van der Waals surface area contributed by atoms with Crippen molar-refractivity contribution >= 4 is 10.0 Å². The van der Waals surface area contributed by atoms with Crippen molar-refractivity contribution in [1.29, 1.82) is 0 Å². The number of benzene rings is 1. The average Bonchev–Trinajstić information content (AvgIpc) is 3.35. The van der Waals surface area contributed by atoms with E-state index >= 15 is 0 Å². The highest BCUT2D eigenvalue weighted by atomic mass is 32.2. The molecule has 2 aliphatic rings. The summed E-state index contributed by atoms with van der Waals surface area (Å²) in [5.74, 6) is 0.465. The molecule has 6 heteroatoms. The van der Waals surface area contributed by atoms with Crippen LogP contribution in [-0.4, -0.2) is 61.6 Å². The summed E-state index contributed by atoms with van der Waals surface area (Å²) in [4.78, 5) is 2.60. The van der Waals surface area contributed by atoms with Gasteiger partial charge in [0.05, 0.1) is 11.0 Å². The number of piperazine rings is 1. The molecule has 23 heavy (non-hydrogen) atoms. The topological polar surface area (TPSA) is 60.9 Å². The van der Waals surface area contributed by atoms with Gasteiger partial charge in [-0.05, 0) is 49.8 Å². The monoisotopic (exact) mass is 338 g/mol. The number of rotatable bonds is 5. The van der Waals surface area contributed by atoms with Gasteiger partial charge in [0, 0.05) is 32.7 Å². The van der Waals surface area contributed by atoms with Crippen molar-refractivity contribution in [2.45, 2.75) is 37.7 Å². The van der Waals surface area contributed by atoms with Gasteiger partial charge in [-0.2, -0.15) is 4.31 Å². The Kier molecular flexibility index (Phi) is 4.78. The molecule has 0 spiro atoms. The number of sulfonamides is 1. The Morgan fingerprint density at radius 1 is 1.17 bits per heavy atom. The third-order valence-electron chi connectivity index (χ3n) is 4.90. The normalized spacial score (nSPS) is 22.2. The van der Waals surface area contributed by atoms with Gasteiger partial charge in [0.2, 0.25) is 10.0 Å². The standard InChI is InChI=1S/C17H26N2O3S/c1-13-3-4-14(2)17(11-13)23(21,22)19-9-7-18(8-10-19)12-16(20)15-5-6-15/h3-4,11,15-16,20H,5-10,12H2,1-2H3/t16-/m1/s1. The molecule has 2 fully saturated rings. The van der Waals surface area contributed by atoms with Crippen molar-refractivity contribution in [1.82, 2.24) is 9.21 Å². The molecular formula is C17H26N2O3S. The van der Waals surface area contributed by atoms with Crippen molar-refractivity contribution in [3.63, 3.8) is 0 Å². The second-order valence-electron chi connectivity index (χ2n) is 6.88. The van der Waals surface area contributed by atoms with Crippen molar-refractivity contribution < 1.29 is 13.5 Å². The Hall–Kier alpha value is -0.950. The molecule has 5 nitrogen and oxygen atoms in total. The maximum absolute atomic E-state index is 12.9. The zero-order valence-electron chi connectivity index (χ0n) is 13.9. The lowest BCUT2D eigenvalue weighted by molar-refractivity contribution is 0.0782. The van der Waals surface area contributed by atoms with E-state index in [9.17, 15) is 13.5 Å². The Morgan fingerprint density at radius 2 is 1.83 bits per heavy atom. The second-order valence-corrected chi connectivity index (χ2v) is 8.78. The van der Waals surface area contributed by atoms with Crippen molar-refractivity contribution in [2.75, 3.05) is 32.7 Å². The Bertz CT molecular complexity index is 662. The number of β-amino-alcohol motifs (C(OH)–C–C–N with tert-alkyl or cyclic N) is 1. The van der Waals surface area contributed by atoms with E-state index in [0.29, 0.717) is 43.5 Å². The van der Waals surface area contributed by atoms with E-state index < -0.39 is 10.0 Å². The lowest BCUT2D eigenvalue weighted by Gasteiger charge is -2.35. The minimum Gasteiger partial charge on any atom is -0.392 e. The van der Waals surface area contributed by atoms with Gasteiger partial charge in [0.25, 0.3) is 0 Å². The Morgan fingerprint density at radius 3 is 2.43 bits per heavy atom. The lowest BCUT2D eigenvalue weighted by Crippen LogP contribution is -2.50. The largest absolute Gasteiger partial charge is 0.392 e. The first-order chi connectivity index (χ1) is 10.9. The minimum absolute atomic E-state index is 0.253. The first-order valence-corrected chi connectivity index (χ1v) is 9.80. The van der Waals surface area contributed by atoms with Gasteiger partial charge < -0.3 is 5.11 Å². The van der Waals surface area contributed by atoms with Crippen molar-refractivity contribution in [3.05, 3.63) is 29.3 Å². The minimum atomic E-state index is -3.43. The van der Waals surface area contributed by atoms with Gasteiger partial charge in [-0.25, -0.2) is 8.42 Å². The summed E-state index contributed by atoms with van der Waals surface area (Å²) >= 11 is 0. The van der Waals surface area contributed by atoms with E-state index in [4.69, 9.17) is 0 Å². The lowest BCUT2D eigenvalue weighted by atomic mass is 10.2. The number of hydrogen-bond donors (Lipinski definition) is 1. The van der Waals surface area contributed by atoms with Crippen molar-refractivity contribution in [2.24, 2.45) is 5.92 Å². The highest BCUT2D eigenvalue weighted by molar-refractivity contribution is 7.89. The van der Waals surface area contributed by atoms with Gasteiger partial charge >= 0.3 is 0 Å². The second kappa shape index (κ2) is 6.51. The number of aryl methyl sites for hydroxylation is 2. The summed E-state index contributed by atoms with van der Waals surface area (Å²) in [7, 11) is -3.43. The molecule has 1 heterocycles. The molecule has 1 aliphatic heterocycles. The maximum atomic E-state index is 12.9. The van der Waals surface area contributed by atoms with Crippen molar-refractivity contribution in [3.8, 4) is 0 Å². The summed E-state index contributed by atoms with van der Waals surface area (Å²) < 4.78 is 27.3. The molecule has 0 aromatic heterocycles. The third kappa shape index (κ3) is 3.76. The molecule has 0 unspecified atom stereocenters. The zero-order valence-corrected chi connectivity index (χ0v) is 14.7. The van der Waals surface area contributed by atoms with E-state index in [0.717, 1.165) is 24.0 Å². The number of aliphatic hydroxyl groups is 1. The summed E-state index contributed by atoms with van der Waals surface area (Å²) in [6.45, 7) is 6.79. The van der Waals surface area contributed by atoms with Gasteiger partial charge in [-0.1, -0.05) is 12.1 Å². The molecule has 1 aromatic rings. The molecule has 3 rings (SSSR count). The van der Waals surface area contributed by atoms with Crippen LogP contribution >= 0.6 is 0 Å². The van der Waals surface area contributed by atoms with Gasteiger partial charge in [-0.15, -0.1) is 0 Å². The van der Waals surface area contributed by atoms with Crippen LogP contribution in [0.1, 0.15) is 24.0 Å². The van der Waals surface area contributed by atoms with Crippen LogP contribution in [0.15, 0.2) is 23.1 Å². The van der Waals surface area contributed by atoms with Crippen LogP contribution in [0, 0.1) is 19.8 Å². The Balaban J connectivity index is 1.65. The van der Waals surface area contributed by atoms with E-state index in [1.54, 1.807) is 10.4 Å². The average molecular weight is 338 g/mol. The highest BCUT2D eigenvalue weighted by Crippen LogP contribution is 2.33. The fraction of sp³-hybridized carbons (Fsp3) is 0.647. The highest BCUT2D eigenvalue weighted by Gasteiger charge is 2.33. The van der Waals surface area contributed by atoms with Crippen LogP contribution < -0.4 is 0 Å². The molecule has 0 bridgehead atoms. The van der Waals surface area contributed by atoms with E-state index in [-0.39, 0.29) is 6.10 Å². The van der Waals surface area contributed by atoms with Crippen LogP contribution in [0.25, 0.3) is 0 Å². The quantitative estimate of drug-likeness (QED) is 0.881. The molecule has 0 radical (unpaired) electrons. The molecule has 128 valence electrons. The van der Waals surface area contributed by atoms with Crippen LogP contribution in [0.4, 0.5) is 0 Å². The van der Waals surface area contributed by atoms with Gasteiger partial charge in [0.1, 0.15) is 0 Å². The fourth-order valence-corrected chi connectivity index (χ4v) is 4.90. The molecular weight excluding hydrogens is 312 g/mol. The predicted octanol–water partition coefficient (Wildman–Crippen LogP) is 1.38. The summed E-state index contributed by atoms with van der Waals surface area (Å²) in [6, 6.07) is 5.56. The van der Waals surface area contributed by atoms with Crippen LogP contribution in [-0.2, 0) is 10.0 Å². The number of hydrogen-bond acceptors (Lipinski definition) is 4. The molecule has 1 saturated heterocycles. The molecule has 1 N–H and O–H groups in total. The number of nitrogens with zero attached hydrogens (tertiary/aromatic N) is 2. The van der Waals surface area contributed by atoms with Gasteiger partial charge in [0.15, 0.2) is 0 Å². The predicted molar refractivity (Wildman–Crippen MR) is 89.8 cm³/mol. The molecule has 0 amide bonds. The molecule has 1 saturated carbocycles. The molecule has 1 aromatic carbocycles. The molecule has 1 atom stereocenters. The van der Waals surface area contributed by atoms with Crippen LogP contribution in [0.5, 0.6) is 0 Å².